The highest BCUT2D eigenvalue weighted by Gasteiger charge is 2.24. The molecule has 1 N–H and O–H groups in total. The van der Waals surface area contributed by atoms with Gasteiger partial charge in [0.05, 0.1) is 11.1 Å². The molecule has 0 atom stereocenters. The van der Waals surface area contributed by atoms with E-state index in [-0.39, 0.29) is 0 Å². The number of aromatic carboxylic acids is 1. The molecule has 1 aromatic carbocycles. The maximum Gasteiger partial charge on any atom is 0.336 e. The maximum atomic E-state index is 11.4. The number of carboxylic acid groups (broad SMARTS) is 1. The van der Waals surface area contributed by atoms with Crippen LogP contribution in [0.2, 0.25) is 0 Å². The first-order valence-corrected chi connectivity index (χ1v) is 6.53. The Labute approximate surface area is 111 Å². The van der Waals surface area contributed by atoms with Gasteiger partial charge in [-0.2, -0.15) is 0 Å². The third kappa shape index (κ3) is 2.03. The van der Waals surface area contributed by atoms with Gasteiger partial charge in [-0.05, 0) is 31.4 Å². The lowest BCUT2D eigenvalue weighted by atomic mass is 9.92. The summed E-state index contributed by atoms with van der Waals surface area (Å²) < 4.78 is 0. The Kier molecular flexibility index (Phi) is 2.85. The van der Waals surface area contributed by atoms with E-state index in [9.17, 15) is 9.90 Å². The highest BCUT2D eigenvalue weighted by molar-refractivity contribution is 6.03. The monoisotopic (exact) mass is 256 g/mol. The van der Waals surface area contributed by atoms with Crippen molar-refractivity contribution in [1.82, 2.24) is 4.98 Å². The van der Waals surface area contributed by atoms with Gasteiger partial charge in [-0.15, -0.1) is 0 Å². The molecule has 0 unspecified atom stereocenters. The molecule has 4 heteroatoms. The lowest BCUT2D eigenvalue weighted by molar-refractivity contribution is 0.0699. The average Bonchev–Trinajstić information content (AvgIpc) is 2.35. The Morgan fingerprint density at radius 1 is 1.37 bits per heavy atom. The van der Waals surface area contributed by atoms with Crippen molar-refractivity contribution in [3.05, 3.63) is 35.9 Å². The molecule has 0 aliphatic heterocycles. The summed E-state index contributed by atoms with van der Waals surface area (Å²) in [7, 11) is 1.99. The Morgan fingerprint density at radius 3 is 2.74 bits per heavy atom. The molecule has 1 aromatic heterocycles. The predicted molar refractivity (Wildman–Crippen MR) is 74.7 cm³/mol. The fourth-order valence-electron chi connectivity index (χ4n) is 2.48. The minimum atomic E-state index is -0.901. The van der Waals surface area contributed by atoms with Crippen LogP contribution in [0, 0.1) is 0 Å². The van der Waals surface area contributed by atoms with Gasteiger partial charge >= 0.3 is 5.97 Å². The van der Waals surface area contributed by atoms with Crippen LogP contribution in [-0.2, 0) is 0 Å². The summed E-state index contributed by atoms with van der Waals surface area (Å²) in [5, 5.41) is 10.0. The summed E-state index contributed by atoms with van der Waals surface area (Å²) in [4.78, 5) is 18.1. The predicted octanol–water partition coefficient (Wildman–Crippen LogP) is 2.92. The van der Waals surface area contributed by atoms with Gasteiger partial charge < -0.3 is 10.0 Å². The Morgan fingerprint density at radius 2 is 2.11 bits per heavy atom. The van der Waals surface area contributed by atoms with Crippen molar-refractivity contribution in [2.45, 2.75) is 25.3 Å². The molecule has 0 spiro atoms. The van der Waals surface area contributed by atoms with E-state index in [4.69, 9.17) is 0 Å². The lowest BCUT2D eigenvalue weighted by Gasteiger charge is -2.35. The third-order valence-electron chi connectivity index (χ3n) is 3.92. The molecule has 0 amide bonds. The van der Waals surface area contributed by atoms with Gasteiger partial charge in [-0.25, -0.2) is 9.78 Å². The highest BCUT2D eigenvalue weighted by atomic mass is 16.4. The zero-order chi connectivity index (χ0) is 13.4. The zero-order valence-corrected chi connectivity index (χ0v) is 10.8. The van der Waals surface area contributed by atoms with Crippen LogP contribution in [0.1, 0.15) is 29.6 Å². The Balaban J connectivity index is 2.12. The molecule has 1 fully saturated rings. The second-order valence-electron chi connectivity index (χ2n) is 5.05. The quantitative estimate of drug-likeness (QED) is 0.917. The highest BCUT2D eigenvalue weighted by Crippen LogP contribution is 2.29. The zero-order valence-electron chi connectivity index (χ0n) is 10.8. The van der Waals surface area contributed by atoms with E-state index >= 15 is 0 Å². The van der Waals surface area contributed by atoms with E-state index in [1.54, 1.807) is 12.1 Å². The van der Waals surface area contributed by atoms with E-state index in [1.165, 1.54) is 6.42 Å². The third-order valence-corrected chi connectivity index (χ3v) is 3.92. The molecular weight excluding hydrogens is 240 g/mol. The maximum absolute atomic E-state index is 11.4. The minimum Gasteiger partial charge on any atom is -0.478 e. The molecule has 1 aliphatic rings. The van der Waals surface area contributed by atoms with Crippen LogP contribution < -0.4 is 4.90 Å². The van der Waals surface area contributed by atoms with Crippen LogP contribution in [0.15, 0.2) is 30.3 Å². The Hall–Kier alpha value is -2.10. The summed E-state index contributed by atoms with van der Waals surface area (Å²) in [5.41, 5.74) is 1.07. The number of para-hydroxylation sites is 1. The summed E-state index contributed by atoms with van der Waals surface area (Å²) in [6.07, 6.45) is 3.56. The van der Waals surface area contributed by atoms with Gasteiger partial charge in [-0.1, -0.05) is 18.2 Å². The van der Waals surface area contributed by atoms with Crippen molar-refractivity contribution in [3.63, 3.8) is 0 Å². The van der Waals surface area contributed by atoms with Crippen LogP contribution in [0.3, 0.4) is 0 Å². The van der Waals surface area contributed by atoms with Crippen LogP contribution in [-0.4, -0.2) is 29.1 Å². The van der Waals surface area contributed by atoms with Gasteiger partial charge in [0.15, 0.2) is 0 Å². The number of hydrogen-bond donors (Lipinski definition) is 1. The molecule has 19 heavy (non-hydrogen) atoms. The number of aromatic nitrogens is 1. The molecule has 3 rings (SSSR count). The number of pyridine rings is 1. The van der Waals surface area contributed by atoms with Crippen molar-refractivity contribution < 1.29 is 9.90 Å². The normalized spacial score (nSPS) is 15.2. The number of hydrogen-bond acceptors (Lipinski definition) is 3. The molecule has 98 valence electrons. The van der Waals surface area contributed by atoms with Crippen molar-refractivity contribution in [2.24, 2.45) is 0 Å². The molecule has 1 heterocycles. The number of carbonyl (C=O) groups is 1. The second kappa shape index (κ2) is 4.53. The summed E-state index contributed by atoms with van der Waals surface area (Å²) in [6.45, 7) is 0. The number of benzene rings is 1. The number of nitrogens with zero attached hydrogens (tertiary/aromatic N) is 2. The van der Waals surface area contributed by atoms with E-state index in [0.29, 0.717) is 17.0 Å². The summed E-state index contributed by atoms with van der Waals surface area (Å²) in [6, 6.07) is 9.57. The second-order valence-corrected chi connectivity index (χ2v) is 5.05. The van der Waals surface area contributed by atoms with E-state index in [1.807, 2.05) is 25.2 Å². The summed E-state index contributed by atoms with van der Waals surface area (Å²) >= 11 is 0. The van der Waals surface area contributed by atoms with Crippen molar-refractivity contribution in [3.8, 4) is 0 Å². The smallest absolute Gasteiger partial charge is 0.336 e. The molecule has 1 saturated carbocycles. The fraction of sp³-hybridized carbons (Fsp3) is 0.333. The van der Waals surface area contributed by atoms with Crippen molar-refractivity contribution in [1.29, 1.82) is 0 Å². The van der Waals surface area contributed by atoms with E-state index in [0.717, 1.165) is 24.2 Å². The van der Waals surface area contributed by atoms with Crippen LogP contribution >= 0.6 is 0 Å². The van der Waals surface area contributed by atoms with E-state index < -0.39 is 5.97 Å². The number of rotatable bonds is 3. The molecule has 0 bridgehead atoms. The first-order chi connectivity index (χ1) is 9.16. The first kappa shape index (κ1) is 12.0. The van der Waals surface area contributed by atoms with Crippen molar-refractivity contribution in [2.75, 3.05) is 11.9 Å². The Bertz CT molecular complexity index is 635. The standard InChI is InChI=1S/C15H16N2O2/c1-17(10-5-4-6-10)14-9-12(15(18)19)11-7-2-3-8-13(11)16-14/h2-3,7-10H,4-6H2,1H3,(H,18,19). The van der Waals surface area contributed by atoms with Gasteiger partial charge in [-0.3, -0.25) is 0 Å². The lowest BCUT2D eigenvalue weighted by Crippen LogP contribution is -2.37. The fourth-order valence-corrected chi connectivity index (χ4v) is 2.48. The SMILES string of the molecule is CN(c1cc(C(=O)O)c2ccccc2n1)C1CCC1. The van der Waals surface area contributed by atoms with Gasteiger partial charge in [0.25, 0.3) is 0 Å². The molecular formula is C15H16N2O2. The van der Waals surface area contributed by atoms with Crippen LogP contribution in [0.4, 0.5) is 5.82 Å². The first-order valence-electron chi connectivity index (χ1n) is 6.53. The molecule has 0 radical (unpaired) electrons. The topological polar surface area (TPSA) is 53.4 Å². The number of fused-ring (bicyclic) bond motifs is 1. The van der Waals surface area contributed by atoms with Crippen molar-refractivity contribution >= 4 is 22.7 Å². The molecule has 2 aromatic rings. The van der Waals surface area contributed by atoms with Gasteiger partial charge in [0.1, 0.15) is 5.82 Å². The molecule has 1 aliphatic carbocycles. The summed E-state index contributed by atoms with van der Waals surface area (Å²) in [5.74, 6) is -0.150. The molecule has 0 saturated heterocycles. The van der Waals surface area contributed by atoms with Crippen LogP contribution in [0.5, 0.6) is 0 Å². The molecule has 4 nitrogen and oxygen atoms in total. The largest absolute Gasteiger partial charge is 0.478 e. The van der Waals surface area contributed by atoms with Gasteiger partial charge in [0.2, 0.25) is 0 Å². The van der Waals surface area contributed by atoms with E-state index in [2.05, 4.69) is 9.88 Å². The minimum absolute atomic E-state index is 0.326. The number of carboxylic acids is 1. The number of anilines is 1. The average molecular weight is 256 g/mol. The van der Waals surface area contributed by atoms with Gasteiger partial charge in [0, 0.05) is 18.5 Å². The van der Waals surface area contributed by atoms with Crippen LogP contribution in [0.25, 0.3) is 10.9 Å².